The van der Waals surface area contributed by atoms with E-state index in [1.807, 2.05) is 30.3 Å². The molecule has 1 aliphatic rings. The molecular formula is C26H33NO5. The van der Waals surface area contributed by atoms with Crippen LogP contribution in [0.2, 0.25) is 0 Å². The smallest absolute Gasteiger partial charge is 0.411 e. The third kappa shape index (κ3) is 5.61. The van der Waals surface area contributed by atoms with Crippen molar-refractivity contribution in [2.24, 2.45) is 0 Å². The molecule has 3 rings (SSSR count). The standard InChI is InChI=1S/C26H33NO5/c1-25(2,3)19-9-12-20(13-10-19)31-21-11-8-17-16-27(24(29)32-26(4,5)6)22(23(28)30-7)15-18(17)14-21/h8-14,22H,15-16H2,1-7H3. The fourth-order valence-corrected chi connectivity index (χ4v) is 3.64. The number of rotatable bonds is 3. The fourth-order valence-electron chi connectivity index (χ4n) is 3.64. The summed E-state index contributed by atoms with van der Waals surface area (Å²) in [4.78, 5) is 26.6. The monoisotopic (exact) mass is 439 g/mol. The molecule has 1 heterocycles. The minimum atomic E-state index is -0.747. The Morgan fingerprint density at radius 2 is 1.53 bits per heavy atom. The fraction of sp³-hybridized carbons (Fsp3) is 0.462. The molecule has 0 aromatic heterocycles. The molecule has 6 heteroatoms. The van der Waals surface area contributed by atoms with Gasteiger partial charge in [0.25, 0.3) is 0 Å². The van der Waals surface area contributed by atoms with Crippen molar-refractivity contribution in [2.45, 2.75) is 71.6 Å². The molecule has 0 fully saturated rings. The summed E-state index contributed by atoms with van der Waals surface area (Å²) in [5, 5.41) is 0. The number of carbonyl (C=O) groups is 2. The summed E-state index contributed by atoms with van der Waals surface area (Å²) in [5.74, 6) is 0.959. The second kappa shape index (κ2) is 8.85. The number of nitrogens with zero attached hydrogens (tertiary/aromatic N) is 1. The number of fused-ring (bicyclic) bond motifs is 1. The Bertz CT molecular complexity index is 983. The highest BCUT2D eigenvalue weighted by atomic mass is 16.6. The van der Waals surface area contributed by atoms with Gasteiger partial charge in [0.15, 0.2) is 0 Å². The lowest BCUT2D eigenvalue weighted by molar-refractivity contribution is -0.147. The van der Waals surface area contributed by atoms with Crippen LogP contribution >= 0.6 is 0 Å². The molecule has 0 spiro atoms. The predicted molar refractivity (Wildman–Crippen MR) is 123 cm³/mol. The molecule has 0 radical (unpaired) electrons. The molecule has 2 aromatic rings. The van der Waals surface area contributed by atoms with Crippen molar-refractivity contribution in [2.75, 3.05) is 7.11 Å². The Labute approximate surface area is 190 Å². The van der Waals surface area contributed by atoms with Gasteiger partial charge in [0, 0.05) is 6.42 Å². The van der Waals surface area contributed by atoms with Gasteiger partial charge in [-0.3, -0.25) is 4.90 Å². The number of amides is 1. The highest BCUT2D eigenvalue weighted by molar-refractivity contribution is 5.82. The van der Waals surface area contributed by atoms with E-state index in [0.29, 0.717) is 12.2 Å². The van der Waals surface area contributed by atoms with Crippen molar-refractivity contribution in [3.8, 4) is 11.5 Å². The van der Waals surface area contributed by atoms with Crippen LogP contribution in [0.1, 0.15) is 58.2 Å². The van der Waals surface area contributed by atoms with Crippen LogP contribution in [0.15, 0.2) is 42.5 Å². The molecule has 32 heavy (non-hydrogen) atoms. The lowest BCUT2D eigenvalue weighted by atomic mass is 9.87. The van der Waals surface area contributed by atoms with E-state index >= 15 is 0 Å². The first-order valence-electron chi connectivity index (χ1n) is 10.8. The molecule has 6 nitrogen and oxygen atoms in total. The van der Waals surface area contributed by atoms with E-state index in [1.54, 1.807) is 20.8 Å². The Morgan fingerprint density at radius 3 is 2.09 bits per heavy atom. The van der Waals surface area contributed by atoms with Crippen LogP contribution in [-0.2, 0) is 32.6 Å². The van der Waals surface area contributed by atoms with Crippen LogP contribution in [0.3, 0.4) is 0 Å². The van der Waals surface area contributed by atoms with E-state index in [4.69, 9.17) is 14.2 Å². The maximum absolute atomic E-state index is 12.7. The molecule has 0 saturated heterocycles. The normalized spacial score (nSPS) is 16.2. The summed E-state index contributed by atoms with van der Waals surface area (Å²) >= 11 is 0. The first-order valence-corrected chi connectivity index (χ1v) is 10.8. The maximum atomic E-state index is 12.7. The molecule has 0 saturated carbocycles. The largest absolute Gasteiger partial charge is 0.467 e. The van der Waals surface area contributed by atoms with Crippen LogP contribution < -0.4 is 4.74 Å². The molecule has 0 aliphatic carbocycles. The van der Waals surface area contributed by atoms with E-state index in [2.05, 4.69) is 32.9 Å². The van der Waals surface area contributed by atoms with Crippen LogP contribution in [0.4, 0.5) is 4.79 Å². The number of carbonyl (C=O) groups excluding carboxylic acids is 2. The highest BCUT2D eigenvalue weighted by Gasteiger charge is 2.37. The number of hydrogen-bond donors (Lipinski definition) is 0. The quantitative estimate of drug-likeness (QED) is 0.582. The molecule has 172 valence electrons. The Morgan fingerprint density at radius 1 is 0.906 bits per heavy atom. The van der Waals surface area contributed by atoms with Crippen molar-refractivity contribution in [3.05, 3.63) is 59.2 Å². The van der Waals surface area contributed by atoms with Gasteiger partial charge in [-0.2, -0.15) is 0 Å². The molecule has 2 aromatic carbocycles. The van der Waals surface area contributed by atoms with Gasteiger partial charge in [0.05, 0.1) is 13.7 Å². The number of benzene rings is 2. The third-order valence-corrected chi connectivity index (χ3v) is 5.37. The van der Waals surface area contributed by atoms with Gasteiger partial charge in [-0.25, -0.2) is 9.59 Å². The number of esters is 1. The first kappa shape index (κ1) is 23.6. The van der Waals surface area contributed by atoms with Crippen LogP contribution in [0, 0.1) is 0 Å². The molecule has 1 aliphatic heterocycles. The zero-order valence-electron chi connectivity index (χ0n) is 20.0. The zero-order valence-corrected chi connectivity index (χ0v) is 20.0. The summed E-state index contributed by atoms with van der Waals surface area (Å²) in [6, 6.07) is 13.0. The van der Waals surface area contributed by atoms with Gasteiger partial charge in [-0.05, 0) is 67.1 Å². The average Bonchev–Trinajstić information content (AvgIpc) is 2.70. The summed E-state index contributed by atoms with van der Waals surface area (Å²) in [6.45, 7) is 12.2. The lowest BCUT2D eigenvalue weighted by Crippen LogP contribution is -2.50. The van der Waals surface area contributed by atoms with Gasteiger partial charge >= 0.3 is 12.1 Å². The minimum Gasteiger partial charge on any atom is -0.467 e. The molecular weight excluding hydrogens is 406 g/mol. The van der Waals surface area contributed by atoms with Gasteiger partial charge in [0.2, 0.25) is 0 Å². The third-order valence-electron chi connectivity index (χ3n) is 5.37. The van der Waals surface area contributed by atoms with Crippen LogP contribution in [-0.4, -0.2) is 35.7 Å². The maximum Gasteiger partial charge on any atom is 0.411 e. The lowest BCUT2D eigenvalue weighted by Gasteiger charge is -2.36. The van der Waals surface area contributed by atoms with E-state index in [-0.39, 0.29) is 12.0 Å². The summed E-state index contributed by atoms with van der Waals surface area (Å²) < 4.78 is 16.5. The van der Waals surface area contributed by atoms with Crippen LogP contribution in [0.5, 0.6) is 11.5 Å². The summed E-state index contributed by atoms with van der Waals surface area (Å²) in [5.41, 5.74) is 2.56. The molecule has 1 unspecified atom stereocenters. The van der Waals surface area contributed by atoms with E-state index in [9.17, 15) is 9.59 Å². The van der Waals surface area contributed by atoms with Crippen molar-refractivity contribution in [1.29, 1.82) is 0 Å². The number of ether oxygens (including phenoxy) is 3. The highest BCUT2D eigenvalue weighted by Crippen LogP contribution is 2.32. The Kier molecular flexibility index (Phi) is 6.54. The van der Waals surface area contributed by atoms with Crippen molar-refractivity contribution >= 4 is 12.1 Å². The Balaban J connectivity index is 1.82. The molecule has 0 N–H and O–H groups in total. The summed E-state index contributed by atoms with van der Waals surface area (Å²) in [6.07, 6.45) is -0.195. The predicted octanol–water partition coefficient (Wildman–Crippen LogP) is 5.61. The van der Waals surface area contributed by atoms with E-state index < -0.39 is 23.7 Å². The first-order chi connectivity index (χ1) is 14.9. The van der Waals surface area contributed by atoms with Crippen LogP contribution in [0.25, 0.3) is 0 Å². The molecule has 0 bridgehead atoms. The molecule has 1 amide bonds. The van der Waals surface area contributed by atoms with Gasteiger partial charge in [-0.15, -0.1) is 0 Å². The summed E-state index contributed by atoms with van der Waals surface area (Å²) in [7, 11) is 1.33. The number of methoxy groups -OCH3 is 1. The topological polar surface area (TPSA) is 65.1 Å². The van der Waals surface area contributed by atoms with Crippen molar-refractivity contribution < 1.29 is 23.8 Å². The van der Waals surface area contributed by atoms with E-state index in [0.717, 1.165) is 16.9 Å². The Hall–Kier alpha value is -3.02. The van der Waals surface area contributed by atoms with Gasteiger partial charge in [-0.1, -0.05) is 39.0 Å². The minimum absolute atomic E-state index is 0.0766. The van der Waals surface area contributed by atoms with Gasteiger partial charge in [0.1, 0.15) is 23.1 Å². The van der Waals surface area contributed by atoms with Crippen molar-refractivity contribution in [3.63, 3.8) is 0 Å². The second-order valence-electron chi connectivity index (χ2n) is 10.2. The molecule has 1 atom stereocenters. The number of hydrogen-bond acceptors (Lipinski definition) is 5. The second-order valence-corrected chi connectivity index (χ2v) is 10.2. The SMILES string of the molecule is COC(=O)C1Cc2cc(Oc3ccc(C(C)(C)C)cc3)ccc2CN1C(=O)OC(C)(C)C. The van der Waals surface area contributed by atoms with Crippen molar-refractivity contribution in [1.82, 2.24) is 4.90 Å². The van der Waals surface area contributed by atoms with E-state index in [1.165, 1.54) is 17.6 Å². The zero-order chi connectivity index (χ0) is 23.7. The average molecular weight is 440 g/mol. The van der Waals surface area contributed by atoms with Gasteiger partial charge < -0.3 is 14.2 Å².